The van der Waals surface area contributed by atoms with Gasteiger partial charge in [-0.1, -0.05) is 36.4 Å². The summed E-state index contributed by atoms with van der Waals surface area (Å²) in [5.41, 5.74) is 1.99. The zero-order valence-corrected chi connectivity index (χ0v) is 17.1. The summed E-state index contributed by atoms with van der Waals surface area (Å²) in [5, 5.41) is 14.0. The fourth-order valence-corrected chi connectivity index (χ4v) is 3.95. The van der Waals surface area contributed by atoms with E-state index >= 15 is 0 Å². The molecular weight excluding hydrogens is 425 g/mol. The van der Waals surface area contributed by atoms with Gasteiger partial charge in [-0.3, -0.25) is 0 Å². The Morgan fingerprint density at radius 1 is 1.03 bits per heavy atom. The summed E-state index contributed by atoms with van der Waals surface area (Å²) in [6.07, 6.45) is -2.64. The molecule has 31 heavy (non-hydrogen) atoms. The fraction of sp³-hybridized carbons (Fsp3) is 0.136. The van der Waals surface area contributed by atoms with Crippen molar-refractivity contribution in [3.05, 3.63) is 88.8 Å². The highest BCUT2D eigenvalue weighted by atomic mass is 32.1. The third-order valence-electron chi connectivity index (χ3n) is 4.44. The molecule has 0 aliphatic carbocycles. The maximum absolute atomic E-state index is 12.9. The van der Waals surface area contributed by atoms with Crippen LogP contribution in [-0.2, 0) is 6.18 Å². The van der Waals surface area contributed by atoms with E-state index in [1.54, 1.807) is 18.3 Å². The number of halogens is 3. The van der Waals surface area contributed by atoms with Crippen molar-refractivity contribution in [3.8, 4) is 10.4 Å². The molecule has 4 aromatic rings. The van der Waals surface area contributed by atoms with Gasteiger partial charge in [0.05, 0.1) is 4.88 Å². The Labute approximate surface area is 180 Å². The Kier molecular flexibility index (Phi) is 5.71. The molecule has 0 bridgehead atoms. The summed E-state index contributed by atoms with van der Waals surface area (Å²) in [5.74, 6) is -0.143. The topological polar surface area (TPSA) is 70.9 Å². The molecule has 0 fully saturated rings. The first-order valence-corrected chi connectivity index (χ1v) is 10.1. The van der Waals surface area contributed by atoms with Gasteiger partial charge in [-0.05, 0) is 41.8 Å². The van der Waals surface area contributed by atoms with Crippen LogP contribution in [0.1, 0.15) is 27.9 Å². The molecule has 0 saturated carbocycles. The van der Waals surface area contributed by atoms with E-state index in [9.17, 15) is 18.3 Å². The van der Waals surface area contributed by atoms with Gasteiger partial charge in [-0.15, -0.1) is 11.3 Å². The second-order valence-corrected chi connectivity index (χ2v) is 7.91. The van der Waals surface area contributed by atoms with Crippen molar-refractivity contribution in [1.82, 2.24) is 15.0 Å². The molecule has 0 saturated heterocycles. The highest BCUT2D eigenvalue weighted by molar-refractivity contribution is 7.15. The number of anilines is 2. The molecule has 0 amide bonds. The summed E-state index contributed by atoms with van der Waals surface area (Å²) in [7, 11) is 0. The molecular formula is C22H17F3N4OS. The van der Waals surface area contributed by atoms with E-state index in [4.69, 9.17) is 0 Å². The summed E-state index contributed by atoms with van der Waals surface area (Å²) >= 11 is 1.35. The largest absolute Gasteiger partial charge is 0.433 e. The van der Waals surface area contributed by atoms with E-state index in [2.05, 4.69) is 20.3 Å². The Hall–Kier alpha value is -3.30. The van der Waals surface area contributed by atoms with Crippen LogP contribution >= 0.6 is 11.3 Å². The fourth-order valence-electron chi connectivity index (χ4n) is 3.03. The molecule has 1 atom stereocenters. The maximum atomic E-state index is 12.9. The molecule has 0 radical (unpaired) electrons. The number of alkyl halides is 3. The number of aliphatic hydroxyl groups excluding tert-OH is 1. The third-order valence-corrected chi connectivity index (χ3v) is 5.54. The standard InChI is InChI=1S/C22H17F3N4OS/c1-13-9-15(17-12-27-20(31-17)19(30)14-5-3-2-4-6-14)11-16(10-13)28-21-26-8-7-18(29-21)22(23,24)25/h2-12,19,30H,1H3,(H,26,28,29). The number of aryl methyl sites for hydroxylation is 1. The molecule has 5 nitrogen and oxygen atoms in total. The van der Waals surface area contributed by atoms with Gasteiger partial charge in [0.1, 0.15) is 16.8 Å². The Morgan fingerprint density at radius 2 is 1.81 bits per heavy atom. The molecule has 0 spiro atoms. The highest BCUT2D eigenvalue weighted by Gasteiger charge is 2.32. The SMILES string of the molecule is Cc1cc(Nc2nccc(C(F)(F)F)n2)cc(-c2cnc(C(O)c3ccccc3)s2)c1. The van der Waals surface area contributed by atoms with Crippen molar-refractivity contribution in [2.45, 2.75) is 19.2 Å². The van der Waals surface area contributed by atoms with Crippen LogP contribution < -0.4 is 5.32 Å². The van der Waals surface area contributed by atoms with Crippen LogP contribution in [0, 0.1) is 6.92 Å². The molecule has 2 aromatic heterocycles. The smallest absolute Gasteiger partial charge is 0.381 e. The first-order valence-electron chi connectivity index (χ1n) is 9.27. The van der Waals surface area contributed by atoms with Crippen molar-refractivity contribution in [3.63, 3.8) is 0 Å². The predicted octanol–water partition coefficient (Wildman–Crippen LogP) is 5.75. The van der Waals surface area contributed by atoms with Crippen molar-refractivity contribution in [1.29, 1.82) is 0 Å². The zero-order valence-electron chi connectivity index (χ0n) is 16.3. The van der Waals surface area contributed by atoms with Gasteiger partial charge in [0.2, 0.25) is 5.95 Å². The number of nitrogens with zero attached hydrogens (tertiary/aromatic N) is 3. The second-order valence-electron chi connectivity index (χ2n) is 6.85. The average Bonchev–Trinajstić information content (AvgIpc) is 3.23. The van der Waals surface area contributed by atoms with Crippen molar-refractivity contribution in [2.75, 3.05) is 5.32 Å². The molecule has 158 valence electrons. The normalized spacial score (nSPS) is 12.5. The number of hydrogen-bond acceptors (Lipinski definition) is 6. The van der Waals surface area contributed by atoms with Crippen molar-refractivity contribution >= 4 is 23.0 Å². The lowest BCUT2D eigenvalue weighted by Crippen LogP contribution is -2.10. The van der Waals surface area contributed by atoms with E-state index in [1.165, 1.54) is 11.3 Å². The maximum Gasteiger partial charge on any atom is 0.433 e. The van der Waals surface area contributed by atoms with Gasteiger partial charge in [0.15, 0.2) is 0 Å². The summed E-state index contributed by atoms with van der Waals surface area (Å²) in [6.45, 7) is 1.88. The molecule has 9 heteroatoms. The Balaban J connectivity index is 1.60. The molecule has 4 rings (SSSR count). The molecule has 0 aliphatic heterocycles. The molecule has 0 aliphatic rings. The van der Waals surface area contributed by atoms with E-state index in [-0.39, 0.29) is 5.95 Å². The number of aliphatic hydroxyl groups is 1. The molecule has 1 unspecified atom stereocenters. The lowest BCUT2D eigenvalue weighted by Gasteiger charge is -2.10. The minimum atomic E-state index is -4.55. The Morgan fingerprint density at radius 3 is 2.55 bits per heavy atom. The number of benzene rings is 2. The van der Waals surface area contributed by atoms with E-state index in [1.807, 2.05) is 43.3 Å². The summed E-state index contributed by atoms with van der Waals surface area (Å²) in [6, 6.07) is 15.6. The number of aromatic nitrogens is 3. The lowest BCUT2D eigenvalue weighted by atomic mass is 10.1. The van der Waals surface area contributed by atoms with Crippen LogP contribution in [0.3, 0.4) is 0 Å². The van der Waals surface area contributed by atoms with Gasteiger partial charge in [-0.25, -0.2) is 15.0 Å². The minimum absolute atomic E-state index is 0.143. The number of thiazole rings is 1. The van der Waals surface area contributed by atoms with Gasteiger partial charge >= 0.3 is 6.18 Å². The lowest BCUT2D eigenvalue weighted by molar-refractivity contribution is -0.141. The van der Waals surface area contributed by atoms with Crippen LogP contribution in [0.2, 0.25) is 0 Å². The van der Waals surface area contributed by atoms with E-state index in [0.717, 1.165) is 33.8 Å². The highest BCUT2D eigenvalue weighted by Crippen LogP contribution is 2.34. The first-order chi connectivity index (χ1) is 14.8. The molecule has 2 N–H and O–H groups in total. The first kappa shape index (κ1) is 21.0. The number of hydrogen-bond donors (Lipinski definition) is 2. The van der Waals surface area contributed by atoms with Crippen LogP contribution in [0.15, 0.2) is 67.0 Å². The van der Waals surface area contributed by atoms with Crippen LogP contribution in [0.5, 0.6) is 0 Å². The second kappa shape index (κ2) is 8.44. The van der Waals surface area contributed by atoms with Crippen molar-refractivity contribution in [2.24, 2.45) is 0 Å². The average molecular weight is 442 g/mol. The Bertz CT molecular complexity index is 1190. The van der Waals surface area contributed by atoms with E-state index in [0.29, 0.717) is 10.7 Å². The number of nitrogens with one attached hydrogen (secondary N) is 1. The summed E-state index contributed by atoms with van der Waals surface area (Å²) < 4.78 is 38.7. The monoisotopic (exact) mass is 442 g/mol. The summed E-state index contributed by atoms with van der Waals surface area (Å²) in [4.78, 5) is 12.6. The van der Waals surface area contributed by atoms with Gasteiger partial charge in [-0.2, -0.15) is 13.2 Å². The molecule has 2 aromatic carbocycles. The van der Waals surface area contributed by atoms with Gasteiger partial charge in [0.25, 0.3) is 0 Å². The zero-order chi connectivity index (χ0) is 22.0. The molecule has 2 heterocycles. The van der Waals surface area contributed by atoms with Crippen LogP contribution in [0.4, 0.5) is 24.8 Å². The van der Waals surface area contributed by atoms with Crippen molar-refractivity contribution < 1.29 is 18.3 Å². The van der Waals surface area contributed by atoms with Gasteiger partial charge < -0.3 is 10.4 Å². The number of rotatable bonds is 5. The van der Waals surface area contributed by atoms with Crippen LogP contribution in [-0.4, -0.2) is 20.1 Å². The minimum Gasteiger partial charge on any atom is -0.381 e. The quantitative estimate of drug-likeness (QED) is 0.412. The third kappa shape index (κ3) is 4.89. The predicted molar refractivity (Wildman–Crippen MR) is 113 cm³/mol. The van der Waals surface area contributed by atoms with E-state index < -0.39 is 18.0 Å². The van der Waals surface area contributed by atoms with Crippen LogP contribution in [0.25, 0.3) is 10.4 Å². The van der Waals surface area contributed by atoms with Gasteiger partial charge in [0, 0.05) is 18.1 Å².